The predicted octanol–water partition coefficient (Wildman–Crippen LogP) is 2.64. The second-order valence-corrected chi connectivity index (χ2v) is 4.20. The van der Waals surface area contributed by atoms with Crippen LogP contribution in [0.3, 0.4) is 0 Å². The van der Waals surface area contributed by atoms with E-state index in [4.69, 9.17) is 9.63 Å². The minimum Gasteiger partial charge on any atom is -0.478 e. The molecule has 0 aliphatic heterocycles. The van der Waals surface area contributed by atoms with E-state index in [-0.39, 0.29) is 17.3 Å². The number of aromatic nitrogens is 3. The molecule has 0 fully saturated rings. The molecule has 0 spiro atoms. The molecule has 0 amide bonds. The van der Waals surface area contributed by atoms with Crippen LogP contribution >= 0.6 is 0 Å². The van der Waals surface area contributed by atoms with Crippen molar-refractivity contribution in [3.05, 3.63) is 54.1 Å². The average molecular weight is 285 g/mol. The van der Waals surface area contributed by atoms with Gasteiger partial charge in [0.15, 0.2) is 0 Å². The van der Waals surface area contributed by atoms with Crippen molar-refractivity contribution in [1.82, 2.24) is 15.1 Å². The summed E-state index contributed by atoms with van der Waals surface area (Å²) in [6, 6.07) is 7.35. The number of aromatic carboxylic acids is 1. The first-order valence-electron chi connectivity index (χ1n) is 5.92. The molecule has 104 valence electrons. The van der Waals surface area contributed by atoms with Gasteiger partial charge in [-0.05, 0) is 18.2 Å². The van der Waals surface area contributed by atoms with Gasteiger partial charge in [0.05, 0.1) is 17.3 Å². The second kappa shape index (κ2) is 5.12. The van der Waals surface area contributed by atoms with Gasteiger partial charge in [0.1, 0.15) is 5.82 Å². The van der Waals surface area contributed by atoms with Crippen molar-refractivity contribution >= 4 is 5.97 Å². The van der Waals surface area contributed by atoms with Crippen LogP contribution in [0.4, 0.5) is 4.39 Å². The molecule has 0 bridgehead atoms. The van der Waals surface area contributed by atoms with Crippen LogP contribution in [0.1, 0.15) is 10.4 Å². The third kappa shape index (κ3) is 2.62. The summed E-state index contributed by atoms with van der Waals surface area (Å²) < 4.78 is 18.2. The molecular formula is C14H8FN3O3. The lowest BCUT2D eigenvalue weighted by Gasteiger charge is -1.96. The van der Waals surface area contributed by atoms with E-state index in [1.165, 1.54) is 24.4 Å². The Hall–Kier alpha value is -3.09. The molecule has 0 saturated heterocycles. The number of rotatable bonds is 3. The molecule has 3 aromatic rings. The van der Waals surface area contributed by atoms with Gasteiger partial charge in [0.25, 0.3) is 5.89 Å². The van der Waals surface area contributed by atoms with Gasteiger partial charge in [0.2, 0.25) is 5.82 Å². The van der Waals surface area contributed by atoms with Crippen molar-refractivity contribution in [2.24, 2.45) is 0 Å². The van der Waals surface area contributed by atoms with Crippen LogP contribution in [0.2, 0.25) is 0 Å². The number of halogens is 1. The van der Waals surface area contributed by atoms with Crippen LogP contribution in [0, 0.1) is 5.82 Å². The van der Waals surface area contributed by atoms with Gasteiger partial charge < -0.3 is 9.63 Å². The van der Waals surface area contributed by atoms with E-state index in [0.717, 1.165) is 6.20 Å². The van der Waals surface area contributed by atoms with E-state index in [9.17, 15) is 9.18 Å². The highest BCUT2D eigenvalue weighted by molar-refractivity contribution is 5.89. The normalized spacial score (nSPS) is 10.5. The Morgan fingerprint density at radius 1 is 1.19 bits per heavy atom. The first-order valence-corrected chi connectivity index (χ1v) is 5.92. The standard InChI is InChI=1S/C14H8FN3O3/c15-11-5-10(6-16-7-11)13-17-12(18-21-13)8-2-1-3-9(4-8)14(19)20/h1-7H,(H,19,20). The lowest BCUT2D eigenvalue weighted by atomic mass is 10.1. The molecule has 0 aliphatic carbocycles. The lowest BCUT2D eigenvalue weighted by Crippen LogP contribution is -1.96. The van der Waals surface area contributed by atoms with Crippen LogP contribution < -0.4 is 0 Å². The molecule has 0 unspecified atom stereocenters. The van der Waals surface area contributed by atoms with Gasteiger partial charge in [-0.3, -0.25) is 4.98 Å². The number of pyridine rings is 1. The molecule has 3 rings (SSSR count). The van der Waals surface area contributed by atoms with Crippen molar-refractivity contribution in [3.63, 3.8) is 0 Å². The monoisotopic (exact) mass is 285 g/mol. The van der Waals surface area contributed by atoms with Gasteiger partial charge in [-0.15, -0.1) is 0 Å². The Labute approximate surface area is 117 Å². The van der Waals surface area contributed by atoms with Crippen LogP contribution in [-0.2, 0) is 0 Å². The number of carbonyl (C=O) groups is 1. The zero-order chi connectivity index (χ0) is 14.8. The van der Waals surface area contributed by atoms with Gasteiger partial charge in [-0.1, -0.05) is 17.3 Å². The van der Waals surface area contributed by atoms with Crippen molar-refractivity contribution < 1.29 is 18.8 Å². The number of nitrogens with zero attached hydrogens (tertiary/aromatic N) is 3. The predicted molar refractivity (Wildman–Crippen MR) is 69.9 cm³/mol. The molecule has 7 heteroatoms. The van der Waals surface area contributed by atoms with Gasteiger partial charge in [-0.2, -0.15) is 4.98 Å². The fourth-order valence-electron chi connectivity index (χ4n) is 1.78. The lowest BCUT2D eigenvalue weighted by molar-refractivity contribution is 0.0697. The van der Waals surface area contributed by atoms with E-state index < -0.39 is 11.8 Å². The minimum atomic E-state index is -1.05. The molecule has 2 aromatic heterocycles. The first-order chi connectivity index (χ1) is 10.1. The maximum Gasteiger partial charge on any atom is 0.335 e. The molecule has 0 atom stereocenters. The SMILES string of the molecule is O=C(O)c1cccc(-c2noc(-c3cncc(F)c3)n2)c1. The zero-order valence-corrected chi connectivity index (χ0v) is 10.5. The van der Waals surface area contributed by atoms with Crippen molar-refractivity contribution in [1.29, 1.82) is 0 Å². The molecule has 0 radical (unpaired) electrons. The number of benzene rings is 1. The van der Waals surface area contributed by atoms with E-state index in [1.54, 1.807) is 12.1 Å². The Bertz CT molecular complexity index is 816. The van der Waals surface area contributed by atoms with Crippen molar-refractivity contribution in [3.8, 4) is 22.8 Å². The smallest absolute Gasteiger partial charge is 0.335 e. The number of carboxylic acid groups (broad SMARTS) is 1. The largest absolute Gasteiger partial charge is 0.478 e. The van der Waals surface area contributed by atoms with Crippen LogP contribution in [-0.4, -0.2) is 26.2 Å². The second-order valence-electron chi connectivity index (χ2n) is 4.20. The molecule has 21 heavy (non-hydrogen) atoms. The molecule has 0 aliphatic rings. The van der Waals surface area contributed by atoms with Crippen LogP contribution in [0.15, 0.2) is 47.2 Å². The fraction of sp³-hybridized carbons (Fsp3) is 0. The fourth-order valence-corrected chi connectivity index (χ4v) is 1.78. The number of hydrogen-bond donors (Lipinski definition) is 1. The van der Waals surface area contributed by atoms with Crippen molar-refractivity contribution in [2.45, 2.75) is 0 Å². The minimum absolute atomic E-state index is 0.109. The summed E-state index contributed by atoms with van der Waals surface area (Å²) in [6.45, 7) is 0. The maximum atomic E-state index is 13.1. The summed E-state index contributed by atoms with van der Waals surface area (Å²) >= 11 is 0. The molecule has 6 nitrogen and oxygen atoms in total. The summed E-state index contributed by atoms with van der Waals surface area (Å²) in [4.78, 5) is 18.7. The Morgan fingerprint density at radius 2 is 2.05 bits per heavy atom. The van der Waals surface area contributed by atoms with Crippen LogP contribution in [0.5, 0.6) is 0 Å². The summed E-state index contributed by atoms with van der Waals surface area (Å²) in [5.41, 5.74) is 0.962. The number of hydrogen-bond acceptors (Lipinski definition) is 5. The quantitative estimate of drug-likeness (QED) is 0.795. The van der Waals surface area contributed by atoms with E-state index in [1.807, 2.05) is 0 Å². The molecule has 1 aromatic carbocycles. The molecule has 1 N–H and O–H groups in total. The van der Waals surface area contributed by atoms with Gasteiger partial charge in [0, 0.05) is 11.8 Å². The summed E-state index contributed by atoms with van der Waals surface area (Å²) in [5.74, 6) is -1.23. The topological polar surface area (TPSA) is 89.1 Å². The highest BCUT2D eigenvalue weighted by Crippen LogP contribution is 2.22. The Balaban J connectivity index is 1.98. The third-order valence-corrected chi connectivity index (χ3v) is 2.75. The summed E-state index contributed by atoms with van der Waals surface area (Å²) in [5, 5.41) is 12.7. The number of carboxylic acids is 1. The molecular weight excluding hydrogens is 277 g/mol. The highest BCUT2D eigenvalue weighted by atomic mass is 19.1. The third-order valence-electron chi connectivity index (χ3n) is 2.75. The summed E-state index contributed by atoms with van der Waals surface area (Å²) in [6.07, 6.45) is 2.46. The van der Waals surface area contributed by atoms with Crippen molar-refractivity contribution in [2.75, 3.05) is 0 Å². The van der Waals surface area contributed by atoms with Crippen LogP contribution in [0.25, 0.3) is 22.8 Å². The Kier molecular flexibility index (Phi) is 3.15. The highest BCUT2D eigenvalue weighted by Gasteiger charge is 2.13. The van der Waals surface area contributed by atoms with E-state index in [0.29, 0.717) is 11.1 Å². The van der Waals surface area contributed by atoms with E-state index in [2.05, 4.69) is 15.1 Å². The Morgan fingerprint density at radius 3 is 2.81 bits per heavy atom. The molecule has 2 heterocycles. The van der Waals surface area contributed by atoms with Gasteiger partial charge >= 0.3 is 5.97 Å². The van der Waals surface area contributed by atoms with Gasteiger partial charge in [-0.25, -0.2) is 9.18 Å². The average Bonchev–Trinajstić information content (AvgIpc) is 2.97. The maximum absolute atomic E-state index is 13.1. The summed E-state index contributed by atoms with van der Waals surface area (Å²) in [7, 11) is 0. The first kappa shape index (κ1) is 12.9. The zero-order valence-electron chi connectivity index (χ0n) is 10.5. The molecule has 0 saturated carbocycles. The van der Waals surface area contributed by atoms with E-state index >= 15 is 0 Å².